The van der Waals surface area contributed by atoms with Crippen molar-refractivity contribution in [2.75, 3.05) is 14.2 Å². The van der Waals surface area contributed by atoms with E-state index < -0.39 is 5.97 Å². The number of halogens is 2. The number of thioether (sulfide) groups is 1. The third kappa shape index (κ3) is 6.90. The molecule has 0 saturated heterocycles. The van der Waals surface area contributed by atoms with Gasteiger partial charge in [0.05, 0.1) is 14.2 Å². The van der Waals surface area contributed by atoms with Gasteiger partial charge in [-0.25, -0.2) is 9.18 Å². The molecule has 4 aromatic rings. The zero-order valence-corrected chi connectivity index (χ0v) is 22.9. The highest BCUT2D eigenvalue weighted by Gasteiger charge is 2.20. The molecule has 0 unspecified atom stereocenters. The molecule has 0 aliphatic heterocycles. The number of methoxy groups -OCH3 is 2. The van der Waals surface area contributed by atoms with E-state index in [1.807, 2.05) is 6.92 Å². The van der Waals surface area contributed by atoms with Gasteiger partial charge in [0.25, 0.3) is 0 Å². The van der Waals surface area contributed by atoms with Crippen LogP contribution >= 0.6 is 23.4 Å². The number of carboxylic acids is 1. The van der Waals surface area contributed by atoms with E-state index in [1.54, 1.807) is 67.3 Å². The Morgan fingerprint density at radius 2 is 1.74 bits per heavy atom. The second-order valence-corrected chi connectivity index (χ2v) is 9.61. The minimum Gasteiger partial charge on any atom is -0.497 e. The van der Waals surface area contributed by atoms with E-state index in [-0.39, 0.29) is 17.3 Å². The first kappa shape index (κ1) is 28.0. The molecule has 11 heteroatoms. The predicted octanol–water partition coefficient (Wildman–Crippen LogP) is 6.57. The highest BCUT2D eigenvalue weighted by Crippen LogP contribution is 2.35. The molecule has 39 heavy (non-hydrogen) atoms. The fourth-order valence-electron chi connectivity index (χ4n) is 3.68. The first-order chi connectivity index (χ1) is 18.8. The summed E-state index contributed by atoms with van der Waals surface area (Å²) in [5, 5.41) is 19.4. The average Bonchev–Trinajstić information content (AvgIpc) is 3.35. The van der Waals surface area contributed by atoms with E-state index in [1.165, 1.54) is 18.2 Å². The fraction of sp³-hybridized carbons (Fsp3) is 0.179. The molecule has 0 fully saturated rings. The standard InChI is InChI=1S/C28H25ClFN3O5S/c1-4-33-26(19-12-22(36-2)15-23(13-19)37-3)31-32-28(33)39-25(27(34)35)14-18-11-20(29)7-10-24(18)38-16-17-5-8-21(30)9-6-17/h5-15H,4,16H2,1-3H3,(H,34,35)/b25-14-. The summed E-state index contributed by atoms with van der Waals surface area (Å²) >= 11 is 7.17. The monoisotopic (exact) mass is 569 g/mol. The zero-order chi connectivity index (χ0) is 27.9. The Balaban J connectivity index is 1.66. The SMILES string of the molecule is CCn1c(S/C(=C\c2cc(Cl)ccc2OCc2ccc(F)cc2)C(=O)O)nnc1-c1cc(OC)cc(OC)c1. The van der Waals surface area contributed by atoms with E-state index in [4.69, 9.17) is 25.8 Å². The zero-order valence-electron chi connectivity index (χ0n) is 21.4. The van der Waals surface area contributed by atoms with Crippen LogP contribution in [0.3, 0.4) is 0 Å². The number of hydrogen-bond acceptors (Lipinski definition) is 7. The second kappa shape index (κ2) is 12.7. The summed E-state index contributed by atoms with van der Waals surface area (Å²) in [6.07, 6.45) is 1.47. The number of carboxylic acid groups (broad SMARTS) is 1. The van der Waals surface area contributed by atoms with Crippen molar-refractivity contribution >= 4 is 35.4 Å². The van der Waals surface area contributed by atoms with Crippen molar-refractivity contribution in [1.82, 2.24) is 14.8 Å². The van der Waals surface area contributed by atoms with Gasteiger partial charge in [-0.2, -0.15) is 0 Å². The molecule has 0 aliphatic rings. The molecule has 0 spiro atoms. The summed E-state index contributed by atoms with van der Waals surface area (Å²) in [5.41, 5.74) is 1.93. The molecule has 8 nitrogen and oxygen atoms in total. The molecule has 1 heterocycles. The van der Waals surface area contributed by atoms with Crippen LogP contribution in [0.25, 0.3) is 17.5 Å². The minimum absolute atomic E-state index is 0.0132. The van der Waals surface area contributed by atoms with Crippen molar-refractivity contribution in [3.05, 3.63) is 87.5 Å². The molecule has 0 radical (unpaired) electrons. The topological polar surface area (TPSA) is 95.7 Å². The highest BCUT2D eigenvalue weighted by atomic mass is 35.5. The van der Waals surface area contributed by atoms with Gasteiger partial charge in [-0.1, -0.05) is 23.7 Å². The Bertz CT molecular complexity index is 1490. The molecular weight excluding hydrogens is 545 g/mol. The Hall–Kier alpha value is -4.02. The van der Waals surface area contributed by atoms with Gasteiger partial charge in [0.2, 0.25) is 0 Å². The molecule has 1 aromatic heterocycles. The lowest BCUT2D eigenvalue weighted by Gasteiger charge is -2.12. The Morgan fingerprint density at radius 3 is 2.36 bits per heavy atom. The summed E-state index contributed by atoms with van der Waals surface area (Å²) in [7, 11) is 3.11. The van der Waals surface area contributed by atoms with Crippen molar-refractivity contribution in [3.8, 4) is 28.6 Å². The number of nitrogens with zero attached hydrogens (tertiary/aromatic N) is 3. The summed E-state index contributed by atoms with van der Waals surface area (Å²) in [6, 6.07) is 16.2. The molecule has 0 amide bonds. The van der Waals surface area contributed by atoms with Gasteiger partial charge in [-0.05, 0) is 72.8 Å². The lowest BCUT2D eigenvalue weighted by atomic mass is 10.2. The van der Waals surface area contributed by atoms with Crippen molar-refractivity contribution < 1.29 is 28.5 Å². The summed E-state index contributed by atoms with van der Waals surface area (Å²) in [5.74, 6) is 0.636. The van der Waals surface area contributed by atoms with E-state index in [9.17, 15) is 14.3 Å². The van der Waals surface area contributed by atoms with Crippen LogP contribution in [0, 0.1) is 5.82 Å². The van der Waals surface area contributed by atoms with Crippen LogP contribution < -0.4 is 14.2 Å². The maximum absolute atomic E-state index is 13.2. The minimum atomic E-state index is -1.15. The lowest BCUT2D eigenvalue weighted by molar-refractivity contribution is -0.131. The van der Waals surface area contributed by atoms with Gasteiger partial charge < -0.3 is 23.9 Å². The number of benzene rings is 3. The average molecular weight is 570 g/mol. The molecule has 0 bridgehead atoms. The number of aromatic nitrogens is 3. The Kier molecular flexibility index (Phi) is 9.11. The van der Waals surface area contributed by atoms with Gasteiger partial charge in [0.15, 0.2) is 11.0 Å². The Morgan fingerprint density at radius 1 is 1.05 bits per heavy atom. The number of carbonyl (C=O) groups is 1. The highest BCUT2D eigenvalue weighted by molar-refractivity contribution is 8.04. The largest absolute Gasteiger partial charge is 0.497 e. The van der Waals surface area contributed by atoms with Gasteiger partial charge in [0.1, 0.15) is 34.6 Å². The van der Waals surface area contributed by atoms with Crippen molar-refractivity contribution in [2.45, 2.75) is 25.2 Å². The molecule has 3 aromatic carbocycles. The summed E-state index contributed by atoms with van der Waals surface area (Å²) < 4.78 is 31.7. The third-order valence-corrected chi connectivity index (χ3v) is 6.85. The molecule has 4 rings (SSSR count). The van der Waals surface area contributed by atoms with E-state index >= 15 is 0 Å². The molecule has 1 N–H and O–H groups in total. The first-order valence-corrected chi connectivity index (χ1v) is 13.0. The van der Waals surface area contributed by atoms with Crippen LogP contribution in [0.1, 0.15) is 18.1 Å². The van der Waals surface area contributed by atoms with Crippen LogP contribution in [-0.4, -0.2) is 40.1 Å². The van der Waals surface area contributed by atoms with Gasteiger partial charge >= 0.3 is 5.97 Å². The smallest absolute Gasteiger partial charge is 0.342 e. The number of aliphatic carboxylic acids is 1. The number of hydrogen-bond donors (Lipinski definition) is 1. The molecule has 0 aliphatic carbocycles. The Labute approximate surface area is 234 Å². The first-order valence-electron chi connectivity index (χ1n) is 11.8. The van der Waals surface area contributed by atoms with Crippen LogP contribution in [0.4, 0.5) is 4.39 Å². The maximum atomic E-state index is 13.2. The fourth-order valence-corrected chi connectivity index (χ4v) is 4.74. The van der Waals surface area contributed by atoms with Crippen molar-refractivity contribution in [3.63, 3.8) is 0 Å². The summed E-state index contributed by atoms with van der Waals surface area (Å²) in [6.45, 7) is 2.56. The van der Waals surface area contributed by atoms with Crippen LogP contribution in [0.2, 0.25) is 5.02 Å². The van der Waals surface area contributed by atoms with Gasteiger partial charge in [0, 0.05) is 28.8 Å². The lowest BCUT2D eigenvalue weighted by Crippen LogP contribution is -2.03. The molecule has 202 valence electrons. The summed E-state index contributed by atoms with van der Waals surface area (Å²) in [4.78, 5) is 12.3. The second-order valence-electron chi connectivity index (χ2n) is 8.16. The third-order valence-electron chi connectivity index (χ3n) is 5.62. The van der Waals surface area contributed by atoms with Crippen molar-refractivity contribution in [2.24, 2.45) is 0 Å². The number of ether oxygens (including phenoxy) is 3. The van der Waals surface area contributed by atoms with Crippen LogP contribution in [0.15, 0.2) is 70.7 Å². The van der Waals surface area contributed by atoms with Crippen molar-refractivity contribution in [1.29, 1.82) is 0 Å². The van der Waals surface area contributed by atoms with E-state index in [0.717, 1.165) is 17.3 Å². The maximum Gasteiger partial charge on any atom is 0.342 e. The van der Waals surface area contributed by atoms with Crippen LogP contribution in [0.5, 0.6) is 17.2 Å². The normalized spacial score (nSPS) is 11.4. The van der Waals surface area contributed by atoms with Gasteiger partial charge in [-0.15, -0.1) is 10.2 Å². The van der Waals surface area contributed by atoms with Crippen LogP contribution in [-0.2, 0) is 17.9 Å². The molecular formula is C28H25ClFN3O5S. The molecule has 0 atom stereocenters. The number of rotatable bonds is 11. The van der Waals surface area contributed by atoms with Gasteiger partial charge in [-0.3, -0.25) is 0 Å². The van der Waals surface area contributed by atoms with E-state index in [0.29, 0.717) is 50.9 Å². The molecule has 0 saturated carbocycles. The predicted molar refractivity (Wildman–Crippen MR) is 148 cm³/mol. The van der Waals surface area contributed by atoms with E-state index in [2.05, 4.69) is 10.2 Å². The quantitative estimate of drug-likeness (QED) is 0.160.